The van der Waals surface area contributed by atoms with E-state index in [0.29, 0.717) is 24.5 Å². The lowest BCUT2D eigenvalue weighted by molar-refractivity contribution is 0.0955. The quantitative estimate of drug-likeness (QED) is 0.469. The van der Waals surface area contributed by atoms with E-state index in [4.69, 9.17) is 9.47 Å². The number of hydrogen-bond donors (Lipinski definition) is 1. The monoisotopic (exact) mass is 374 g/mol. The Morgan fingerprint density at radius 3 is 2.39 bits per heavy atom. The standard InChI is InChI=1S/C23H22N2O3/c1-2-27-22-11-7-6-10-20(22)16-24-25-23(26)19-12-14-21(15-13-19)28-17-18-8-4-3-5-9-18/h3-16H,2,17H2,1H3,(H,25,26)/b24-16+. The summed E-state index contributed by atoms with van der Waals surface area (Å²) in [5, 5.41) is 4.02. The van der Waals surface area contributed by atoms with E-state index in [-0.39, 0.29) is 5.91 Å². The van der Waals surface area contributed by atoms with Crippen molar-refractivity contribution in [2.24, 2.45) is 5.10 Å². The molecule has 0 saturated heterocycles. The van der Waals surface area contributed by atoms with Crippen LogP contribution in [-0.2, 0) is 6.61 Å². The first-order valence-corrected chi connectivity index (χ1v) is 9.08. The van der Waals surface area contributed by atoms with Crippen molar-refractivity contribution in [1.29, 1.82) is 0 Å². The summed E-state index contributed by atoms with van der Waals surface area (Å²) in [6.07, 6.45) is 1.57. The molecule has 28 heavy (non-hydrogen) atoms. The summed E-state index contributed by atoms with van der Waals surface area (Å²) in [5.74, 6) is 1.14. The summed E-state index contributed by atoms with van der Waals surface area (Å²) in [5.41, 5.74) is 4.92. The molecule has 1 N–H and O–H groups in total. The third-order valence-electron chi connectivity index (χ3n) is 3.95. The number of nitrogens with one attached hydrogen (secondary N) is 1. The largest absolute Gasteiger partial charge is 0.493 e. The number of carbonyl (C=O) groups excluding carboxylic acids is 1. The van der Waals surface area contributed by atoms with Crippen LogP contribution in [0, 0.1) is 0 Å². The number of rotatable bonds is 8. The Morgan fingerprint density at radius 2 is 1.64 bits per heavy atom. The molecule has 0 saturated carbocycles. The van der Waals surface area contributed by atoms with Gasteiger partial charge in [-0.25, -0.2) is 5.43 Å². The Labute approximate surface area is 164 Å². The fraction of sp³-hybridized carbons (Fsp3) is 0.130. The maximum atomic E-state index is 12.2. The number of ether oxygens (including phenoxy) is 2. The van der Waals surface area contributed by atoms with E-state index in [1.54, 1.807) is 30.5 Å². The van der Waals surface area contributed by atoms with Crippen LogP contribution in [-0.4, -0.2) is 18.7 Å². The zero-order chi connectivity index (χ0) is 19.6. The van der Waals surface area contributed by atoms with Crippen LogP contribution in [0.1, 0.15) is 28.4 Å². The Balaban J connectivity index is 1.55. The molecule has 0 aliphatic carbocycles. The van der Waals surface area contributed by atoms with Crippen LogP contribution in [0.15, 0.2) is 84.0 Å². The highest BCUT2D eigenvalue weighted by molar-refractivity contribution is 5.95. The second-order valence-corrected chi connectivity index (χ2v) is 5.97. The molecule has 0 radical (unpaired) electrons. The summed E-state index contributed by atoms with van der Waals surface area (Å²) in [4.78, 5) is 12.2. The van der Waals surface area contributed by atoms with Gasteiger partial charge >= 0.3 is 0 Å². The molecule has 0 bridgehead atoms. The van der Waals surface area contributed by atoms with Gasteiger partial charge in [-0.2, -0.15) is 5.10 Å². The summed E-state index contributed by atoms with van der Waals surface area (Å²) in [7, 11) is 0. The van der Waals surface area contributed by atoms with Gasteiger partial charge in [0.1, 0.15) is 18.1 Å². The minimum Gasteiger partial charge on any atom is -0.493 e. The smallest absolute Gasteiger partial charge is 0.271 e. The van der Waals surface area contributed by atoms with Gasteiger partial charge in [-0.3, -0.25) is 4.79 Å². The van der Waals surface area contributed by atoms with Crippen LogP contribution in [0.3, 0.4) is 0 Å². The highest BCUT2D eigenvalue weighted by Crippen LogP contribution is 2.16. The van der Waals surface area contributed by atoms with Gasteiger partial charge in [0.25, 0.3) is 5.91 Å². The summed E-state index contributed by atoms with van der Waals surface area (Å²) in [6, 6.07) is 24.4. The predicted molar refractivity (Wildman–Crippen MR) is 110 cm³/mol. The molecule has 0 spiro atoms. The third-order valence-corrected chi connectivity index (χ3v) is 3.95. The lowest BCUT2D eigenvalue weighted by Crippen LogP contribution is -2.17. The molecular formula is C23H22N2O3. The van der Waals surface area contributed by atoms with E-state index < -0.39 is 0 Å². The van der Waals surface area contributed by atoms with E-state index in [1.807, 2.05) is 61.5 Å². The van der Waals surface area contributed by atoms with E-state index in [9.17, 15) is 4.79 Å². The van der Waals surface area contributed by atoms with E-state index in [2.05, 4.69) is 10.5 Å². The molecule has 3 aromatic rings. The second kappa shape index (κ2) is 9.92. The average Bonchev–Trinajstić information content (AvgIpc) is 2.75. The average molecular weight is 374 g/mol. The molecule has 5 heteroatoms. The lowest BCUT2D eigenvalue weighted by Gasteiger charge is -2.07. The van der Waals surface area contributed by atoms with Gasteiger partial charge in [0, 0.05) is 11.1 Å². The van der Waals surface area contributed by atoms with Gasteiger partial charge in [0.05, 0.1) is 12.8 Å². The van der Waals surface area contributed by atoms with Gasteiger partial charge in [-0.15, -0.1) is 0 Å². The minimum absolute atomic E-state index is 0.292. The Kier molecular flexibility index (Phi) is 6.79. The normalized spacial score (nSPS) is 10.6. The Hall–Kier alpha value is -3.60. The molecule has 0 fully saturated rings. The van der Waals surface area contributed by atoms with E-state index in [1.165, 1.54) is 0 Å². The number of amides is 1. The fourth-order valence-corrected chi connectivity index (χ4v) is 2.54. The maximum absolute atomic E-state index is 12.2. The first-order chi connectivity index (χ1) is 13.8. The van der Waals surface area contributed by atoms with Crippen molar-refractivity contribution in [3.8, 4) is 11.5 Å². The molecule has 5 nitrogen and oxygen atoms in total. The van der Waals surface area contributed by atoms with Crippen LogP contribution in [0.25, 0.3) is 0 Å². The third kappa shape index (κ3) is 5.45. The van der Waals surface area contributed by atoms with Crippen molar-refractivity contribution in [2.45, 2.75) is 13.5 Å². The van der Waals surface area contributed by atoms with E-state index in [0.717, 1.165) is 16.9 Å². The first kappa shape index (κ1) is 19.2. The Bertz CT molecular complexity index is 922. The van der Waals surface area contributed by atoms with Crippen molar-refractivity contribution in [3.63, 3.8) is 0 Å². The molecule has 0 heterocycles. The van der Waals surface area contributed by atoms with Crippen molar-refractivity contribution >= 4 is 12.1 Å². The van der Waals surface area contributed by atoms with Crippen molar-refractivity contribution in [2.75, 3.05) is 6.61 Å². The minimum atomic E-state index is -0.292. The number of carbonyl (C=O) groups is 1. The van der Waals surface area contributed by atoms with Crippen LogP contribution < -0.4 is 14.9 Å². The molecule has 3 rings (SSSR count). The Morgan fingerprint density at radius 1 is 0.929 bits per heavy atom. The van der Waals surface area contributed by atoms with Crippen LogP contribution in [0.5, 0.6) is 11.5 Å². The highest BCUT2D eigenvalue weighted by atomic mass is 16.5. The summed E-state index contributed by atoms with van der Waals surface area (Å²) < 4.78 is 11.3. The highest BCUT2D eigenvalue weighted by Gasteiger charge is 2.05. The molecular weight excluding hydrogens is 352 g/mol. The summed E-state index contributed by atoms with van der Waals surface area (Å²) in [6.45, 7) is 2.97. The molecule has 0 aromatic heterocycles. The van der Waals surface area contributed by atoms with Gasteiger partial charge in [-0.05, 0) is 48.9 Å². The van der Waals surface area contributed by atoms with Crippen molar-refractivity contribution < 1.29 is 14.3 Å². The number of para-hydroxylation sites is 1. The van der Waals surface area contributed by atoms with Gasteiger partial charge in [0.2, 0.25) is 0 Å². The number of nitrogens with zero attached hydrogens (tertiary/aromatic N) is 1. The predicted octanol–water partition coefficient (Wildman–Crippen LogP) is 4.43. The van der Waals surface area contributed by atoms with E-state index >= 15 is 0 Å². The molecule has 3 aromatic carbocycles. The first-order valence-electron chi connectivity index (χ1n) is 9.08. The molecule has 0 unspecified atom stereocenters. The molecule has 0 atom stereocenters. The molecule has 0 aliphatic heterocycles. The van der Waals surface area contributed by atoms with Crippen LogP contribution >= 0.6 is 0 Å². The zero-order valence-electron chi connectivity index (χ0n) is 15.7. The van der Waals surface area contributed by atoms with Crippen LogP contribution in [0.2, 0.25) is 0 Å². The van der Waals surface area contributed by atoms with Crippen molar-refractivity contribution in [3.05, 3.63) is 95.6 Å². The van der Waals surface area contributed by atoms with Crippen molar-refractivity contribution in [1.82, 2.24) is 5.43 Å². The topological polar surface area (TPSA) is 59.9 Å². The molecule has 1 amide bonds. The molecule has 0 aliphatic rings. The summed E-state index contributed by atoms with van der Waals surface area (Å²) >= 11 is 0. The maximum Gasteiger partial charge on any atom is 0.271 e. The van der Waals surface area contributed by atoms with Gasteiger partial charge < -0.3 is 9.47 Å². The van der Waals surface area contributed by atoms with Crippen LogP contribution in [0.4, 0.5) is 0 Å². The lowest BCUT2D eigenvalue weighted by atomic mass is 10.2. The van der Waals surface area contributed by atoms with Gasteiger partial charge in [0.15, 0.2) is 0 Å². The number of hydrazone groups is 1. The zero-order valence-corrected chi connectivity index (χ0v) is 15.7. The molecule has 142 valence electrons. The fourth-order valence-electron chi connectivity index (χ4n) is 2.54. The second-order valence-electron chi connectivity index (χ2n) is 5.97. The number of hydrogen-bond acceptors (Lipinski definition) is 4. The SMILES string of the molecule is CCOc1ccccc1/C=N/NC(=O)c1ccc(OCc2ccccc2)cc1. The number of benzene rings is 3. The van der Waals surface area contributed by atoms with Gasteiger partial charge in [-0.1, -0.05) is 42.5 Å².